The van der Waals surface area contributed by atoms with Crippen molar-refractivity contribution in [2.24, 2.45) is 0 Å². The molecule has 0 saturated heterocycles. The van der Waals surface area contributed by atoms with E-state index in [1.54, 1.807) is 19.3 Å². The molecule has 0 amide bonds. The standard InChI is InChI=1S/C11H13NO.C10H10O2/c1-12(2)11-7-5-10(6-8-11)4-3-9-13;1-12-10-6-4-9(5-7-10)3-2-8-11/h3-9H,1-2H3;2-8H,1H3. The van der Waals surface area contributed by atoms with Crippen LogP contribution in [0.25, 0.3) is 12.2 Å². The minimum Gasteiger partial charge on any atom is -0.497 e. The molecule has 0 aliphatic heterocycles. The highest BCUT2D eigenvalue weighted by atomic mass is 16.5. The number of carbonyl (C=O) groups is 2. The average molecular weight is 337 g/mol. The molecule has 0 atom stereocenters. The van der Waals surface area contributed by atoms with E-state index in [0.29, 0.717) is 0 Å². The van der Waals surface area contributed by atoms with Crippen molar-refractivity contribution in [1.82, 2.24) is 0 Å². The SMILES string of the molecule is CN(C)c1ccc(C=CC=O)cc1.COc1ccc(C=CC=O)cc1. The van der Waals surface area contributed by atoms with Crippen LogP contribution in [0, 0.1) is 0 Å². The van der Waals surface area contributed by atoms with E-state index in [-0.39, 0.29) is 0 Å². The van der Waals surface area contributed by atoms with Crippen LogP contribution in [0.5, 0.6) is 5.75 Å². The molecule has 4 heteroatoms. The fourth-order valence-electron chi connectivity index (χ4n) is 1.90. The van der Waals surface area contributed by atoms with Gasteiger partial charge in [-0.25, -0.2) is 0 Å². The molecule has 0 aromatic heterocycles. The molecule has 0 spiro atoms. The highest BCUT2D eigenvalue weighted by molar-refractivity contribution is 5.74. The lowest BCUT2D eigenvalue weighted by molar-refractivity contribution is -0.104. The Labute approximate surface area is 149 Å². The second kappa shape index (κ2) is 11.4. The van der Waals surface area contributed by atoms with Gasteiger partial charge in [-0.1, -0.05) is 36.4 Å². The number of allylic oxidation sites excluding steroid dienone is 2. The topological polar surface area (TPSA) is 46.6 Å². The zero-order valence-electron chi connectivity index (χ0n) is 14.8. The van der Waals surface area contributed by atoms with Gasteiger partial charge in [0.25, 0.3) is 0 Å². The van der Waals surface area contributed by atoms with Crippen molar-refractivity contribution in [2.75, 3.05) is 26.1 Å². The van der Waals surface area contributed by atoms with Gasteiger partial charge in [-0.2, -0.15) is 0 Å². The monoisotopic (exact) mass is 337 g/mol. The maximum absolute atomic E-state index is 10.1. The molecule has 0 saturated carbocycles. The van der Waals surface area contributed by atoms with Gasteiger partial charge in [0.1, 0.15) is 18.3 Å². The molecule has 0 radical (unpaired) electrons. The molecular weight excluding hydrogens is 314 g/mol. The maximum Gasteiger partial charge on any atom is 0.142 e. The van der Waals surface area contributed by atoms with Crippen LogP contribution in [0.2, 0.25) is 0 Å². The first-order chi connectivity index (χ1) is 12.1. The first-order valence-electron chi connectivity index (χ1n) is 7.76. The number of hydrogen-bond acceptors (Lipinski definition) is 4. The van der Waals surface area contributed by atoms with Crippen LogP contribution >= 0.6 is 0 Å². The van der Waals surface area contributed by atoms with Crippen molar-refractivity contribution in [2.45, 2.75) is 0 Å². The van der Waals surface area contributed by atoms with Crippen molar-refractivity contribution in [1.29, 1.82) is 0 Å². The molecule has 0 aliphatic rings. The zero-order valence-corrected chi connectivity index (χ0v) is 14.8. The predicted octanol–water partition coefficient (Wildman–Crippen LogP) is 3.87. The molecule has 0 bridgehead atoms. The van der Waals surface area contributed by atoms with Crippen LogP contribution in [-0.2, 0) is 9.59 Å². The molecule has 2 aromatic carbocycles. The number of anilines is 1. The molecule has 2 rings (SSSR count). The molecule has 25 heavy (non-hydrogen) atoms. The number of benzene rings is 2. The van der Waals surface area contributed by atoms with E-state index >= 15 is 0 Å². The summed E-state index contributed by atoms with van der Waals surface area (Å²) in [6.07, 6.45) is 8.01. The Kier molecular flexibility index (Phi) is 9.08. The Balaban J connectivity index is 0.000000251. The molecule has 0 aliphatic carbocycles. The lowest BCUT2D eigenvalue weighted by Crippen LogP contribution is -2.07. The summed E-state index contributed by atoms with van der Waals surface area (Å²) >= 11 is 0. The van der Waals surface area contributed by atoms with E-state index in [1.807, 2.05) is 67.5 Å². The minimum atomic E-state index is 0.754. The van der Waals surface area contributed by atoms with Crippen LogP contribution in [0.3, 0.4) is 0 Å². The normalized spacial score (nSPS) is 10.2. The second-order valence-electron chi connectivity index (χ2n) is 5.25. The van der Waals surface area contributed by atoms with E-state index < -0.39 is 0 Å². The van der Waals surface area contributed by atoms with E-state index in [4.69, 9.17) is 4.74 Å². The maximum atomic E-state index is 10.1. The third-order valence-corrected chi connectivity index (χ3v) is 3.26. The lowest BCUT2D eigenvalue weighted by Gasteiger charge is -2.11. The van der Waals surface area contributed by atoms with E-state index in [1.165, 1.54) is 12.2 Å². The molecule has 0 N–H and O–H groups in total. The largest absolute Gasteiger partial charge is 0.497 e. The van der Waals surface area contributed by atoms with Crippen molar-refractivity contribution >= 4 is 30.4 Å². The Hall–Kier alpha value is -3.14. The zero-order chi connectivity index (χ0) is 18.5. The Bertz CT molecular complexity index is 699. The van der Waals surface area contributed by atoms with Crippen LogP contribution in [0.15, 0.2) is 60.7 Å². The summed E-state index contributed by atoms with van der Waals surface area (Å²) in [5, 5.41) is 0. The molecule has 0 fully saturated rings. The second-order valence-corrected chi connectivity index (χ2v) is 5.25. The summed E-state index contributed by atoms with van der Waals surface area (Å²) in [6, 6.07) is 15.5. The van der Waals surface area contributed by atoms with Gasteiger partial charge in [0.2, 0.25) is 0 Å². The summed E-state index contributed by atoms with van der Waals surface area (Å²) in [6.45, 7) is 0. The van der Waals surface area contributed by atoms with Gasteiger partial charge in [-0.05, 0) is 47.5 Å². The van der Waals surface area contributed by atoms with Gasteiger partial charge in [0.05, 0.1) is 7.11 Å². The molecule has 0 heterocycles. The van der Waals surface area contributed by atoms with Crippen molar-refractivity contribution in [3.8, 4) is 5.75 Å². The first kappa shape index (κ1) is 19.9. The van der Waals surface area contributed by atoms with E-state index in [0.717, 1.165) is 35.1 Å². The quantitative estimate of drug-likeness (QED) is 0.593. The van der Waals surface area contributed by atoms with Gasteiger partial charge < -0.3 is 9.64 Å². The number of rotatable bonds is 6. The van der Waals surface area contributed by atoms with Crippen LogP contribution in [0.4, 0.5) is 5.69 Å². The van der Waals surface area contributed by atoms with Crippen LogP contribution < -0.4 is 9.64 Å². The minimum absolute atomic E-state index is 0.754. The molecule has 0 unspecified atom stereocenters. The number of nitrogens with zero attached hydrogens (tertiary/aromatic N) is 1. The summed E-state index contributed by atoms with van der Waals surface area (Å²) in [4.78, 5) is 22.1. The van der Waals surface area contributed by atoms with Gasteiger partial charge in [0, 0.05) is 19.8 Å². The highest BCUT2D eigenvalue weighted by Gasteiger charge is 1.92. The summed E-state index contributed by atoms with van der Waals surface area (Å²) < 4.78 is 4.98. The van der Waals surface area contributed by atoms with E-state index in [2.05, 4.69) is 0 Å². The van der Waals surface area contributed by atoms with Gasteiger partial charge in [-0.15, -0.1) is 0 Å². The van der Waals surface area contributed by atoms with E-state index in [9.17, 15) is 9.59 Å². The molecular formula is C21H23NO3. The fraction of sp³-hybridized carbons (Fsp3) is 0.143. The van der Waals surface area contributed by atoms with Gasteiger partial charge >= 0.3 is 0 Å². The Morgan fingerprint density at radius 3 is 1.56 bits per heavy atom. The van der Waals surface area contributed by atoms with Crippen molar-refractivity contribution in [3.63, 3.8) is 0 Å². The molecule has 4 nitrogen and oxygen atoms in total. The third kappa shape index (κ3) is 7.79. The first-order valence-corrected chi connectivity index (χ1v) is 7.76. The molecule has 2 aromatic rings. The van der Waals surface area contributed by atoms with Gasteiger partial charge in [-0.3, -0.25) is 9.59 Å². The van der Waals surface area contributed by atoms with Crippen molar-refractivity contribution in [3.05, 3.63) is 71.8 Å². The summed E-state index contributed by atoms with van der Waals surface area (Å²) in [5.74, 6) is 0.818. The van der Waals surface area contributed by atoms with Crippen LogP contribution in [-0.4, -0.2) is 33.8 Å². The number of aldehydes is 2. The molecule has 130 valence electrons. The Morgan fingerprint density at radius 2 is 1.20 bits per heavy atom. The smallest absolute Gasteiger partial charge is 0.142 e. The van der Waals surface area contributed by atoms with Gasteiger partial charge in [0.15, 0.2) is 0 Å². The summed E-state index contributed by atoms with van der Waals surface area (Å²) in [5.41, 5.74) is 3.18. The average Bonchev–Trinajstić information content (AvgIpc) is 2.66. The van der Waals surface area contributed by atoms with Crippen LogP contribution in [0.1, 0.15) is 11.1 Å². The summed E-state index contributed by atoms with van der Waals surface area (Å²) in [7, 11) is 5.61. The highest BCUT2D eigenvalue weighted by Crippen LogP contribution is 2.13. The number of methoxy groups -OCH3 is 1. The number of carbonyl (C=O) groups excluding carboxylic acids is 2. The lowest BCUT2D eigenvalue weighted by atomic mass is 10.2. The predicted molar refractivity (Wildman–Crippen MR) is 104 cm³/mol. The Morgan fingerprint density at radius 1 is 0.760 bits per heavy atom. The van der Waals surface area contributed by atoms with Crippen molar-refractivity contribution < 1.29 is 14.3 Å². The fourth-order valence-corrected chi connectivity index (χ4v) is 1.90. The number of ether oxygens (including phenoxy) is 1. The number of hydrogen-bond donors (Lipinski definition) is 0. The third-order valence-electron chi connectivity index (χ3n) is 3.26.